The number of benzene rings is 3. The quantitative estimate of drug-likeness (QED) is 0.154. The van der Waals surface area contributed by atoms with Crippen molar-refractivity contribution in [3.8, 4) is 28.7 Å². The number of hydrogen-bond acceptors (Lipinski definition) is 6. The summed E-state index contributed by atoms with van der Waals surface area (Å²) < 4.78 is 21.6. The van der Waals surface area contributed by atoms with Crippen LogP contribution in [0.5, 0.6) is 28.7 Å². The Morgan fingerprint density at radius 3 is 2.22 bits per heavy atom. The molecule has 0 spiro atoms. The van der Waals surface area contributed by atoms with E-state index >= 15 is 0 Å². The predicted molar refractivity (Wildman–Crippen MR) is 143 cm³/mol. The SMILES string of the molecule is C=CCOc1cccc(/C=C/C(=O)Nc2ccc(/C=C/c3cc(OC)c(OC)c(OC)c3)cc2O)c1. The molecule has 0 aliphatic rings. The summed E-state index contributed by atoms with van der Waals surface area (Å²) in [4.78, 5) is 12.4. The molecule has 0 atom stereocenters. The molecule has 0 unspecified atom stereocenters. The van der Waals surface area contributed by atoms with Crippen LogP contribution >= 0.6 is 0 Å². The number of hydrogen-bond donors (Lipinski definition) is 2. The molecule has 36 heavy (non-hydrogen) atoms. The smallest absolute Gasteiger partial charge is 0.248 e. The third kappa shape index (κ3) is 6.93. The number of ether oxygens (including phenoxy) is 4. The summed E-state index contributed by atoms with van der Waals surface area (Å²) in [7, 11) is 4.66. The van der Waals surface area contributed by atoms with E-state index in [0.717, 1.165) is 16.7 Å². The molecule has 0 heterocycles. The lowest BCUT2D eigenvalue weighted by Crippen LogP contribution is -2.07. The fourth-order valence-electron chi connectivity index (χ4n) is 3.36. The second-order valence-corrected chi connectivity index (χ2v) is 7.56. The van der Waals surface area contributed by atoms with Gasteiger partial charge in [-0.2, -0.15) is 0 Å². The molecular formula is C29H29NO6. The lowest BCUT2D eigenvalue weighted by Gasteiger charge is -2.12. The van der Waals surface area contributed by atoms with E-state index in [4.69, 9.17) is 18.9 Å². The third-order valence-electron chi connectivity index (χ3n) is 5.09. The summed E-state index contributed by atoms with van der Waals surface area (Å²) >= 11 is 0. The average molecular weight is 488 g/mol. The molecule has 0 fully saturated rings. The number of carbonyl (C=O) groups is 1. The molecule has 1 amide bonds. The largest absolute Gasteiger partial charge is 0.506 e. The fourth-order valence-corrected chi connectivity index (χ4v) is 3.36. The highest BCUT2D eigenvalue weighted by Crippen LogP contribution is 2.38. The Bertz CT molecular complexity index is 1250. The van der Waals surface area contributed by atoms with Gasteiger partial charge < -0.3 is 29.4 Å². The van der Waals surface area contributed by atoms with Crippen molar-refractivity contribution in [2.45, 2.75) is 0 Å². The van der Waals surface area contributed by atoms with Crippen molar-refractivity contribution in [2.75, 3.05) is 33.3 Å². The molecule has 0 aliphatic carbocycles. The molecule has 7 heteroatoms. The number of anilines is 1. The molecule has 0 aromatic heterocycles. The summed E-state index contributed by atoms with van der Waals surface area (Å²) in [6, 6.07) is 16.0. The van der Waals surface area contributed by atoms with Gasteiger partial charge in [-0.05, 0) is 59.2 Å². The van der Waals surface area contributed by atoms with Gasteiger partial charge in [0.25, 0.3) is 0 Å². The summed E-state index contributed by atoms with van der Waals surface area (Å²) in [5, 5.41) is 13.1. The highest BCUT2D eigenvalue weighted by atomic mass is 16.5. The van der Waals surface area contributed by atoms with Crippen LogP contribution in [-0.2, 0) is 4.79 Å². The monoisotopic (exact) mass is 487 g/mol. The molecule has 7 nitrogen and oxygen atoms in total. The zero-order valence-electron chi connectivity index (χ0n) is 20.5. The summed E-state index contributed by atoms with van der Waals surface area (Å²) in [5.41, 5.74) is 2.68. The van der Waals surface area contributed by atoms with Crippen LogP contribution in [0.15, 0.2) is 73.3 Å². The maximum Gasteiger partial charge on any atom is 0.248 e. The van der Waals surface area contributed by atoms with E-state index in [2.05, 4.69) is 11.9 Å². The Balaban J connectivity index is 1.68. The molecule has 0 saturated heterocycles. The molecule has 0 radical (unpaired) electrons. The van der Waals surface area contributed by atoms with Gasteiger partial charge in [-0.25, -0.2) is 0 Å². The van der Waals surface area contributed by atoms with Crippen molar-refractivity contribution >= 4 is 29.8 Å². The van der Waals surface area contributed by atoms with Gasteiger partial charge in [0, 0.05) is 6.08 Å². The topological polar surface area (TPSA) is 86.3 Å². The van der Waals surface area contributed by atoms with Crippen LogP contribution in [0.25, 0.3) is 18.2 Å². The third-order valence-corrected chi connectivity index (χ3v) is 5.09. The molecule has 3 rings (SSSR count). The number of phenolic OH excluding ortho intramolecular Hbond substituents is 1. The Morgan fingerprint density at radius 1 is 0.889 bits per heavy atom. The summed E-state index contributed by atoms with van der Waals surface area (Å²) in [6.07, 6.45) is 8.41. The van der Waals surface area contributed by atoms with Gasteiger partial charge >= 0.3 is 0 Å². The number of carbonyl (C=O) groups excluding carboxylic acids is 1. The second kappa shape index (κ2) is 12.7. The fraction of sp³-hybridized carbons (Fsp3) is 0.138. The second-order valence-electron chi connectivity index (χ2n) is 7.56. The zero-order valence-corrected chi connectivity index (χ0v) is 20.5. The van der Waals surface area contributed by atoms with Gasteiger partial charge in [0.05, 0.1) is 27.0 Å². The molecule has 0 saturated carbocycles. The molecular weight excluding hydrogens is 458 g/mol. The first-order valence-electron chi connectivity index (χ1n) is 11.1. The van der Waals surface area contributed by atoms with Gasteiger partial charge in [-0.1, -0.05) is 43.0 Å². The van der Waals surface area contributed by atoms with E-state index in [9.17, 15) is 9.90 Å². The summed E-state index contributed by atoms with van der Waals surface area (Å²) in [5.74, 6) is 1.86. The average Bonchev–Trinajstić information content (AvgIpc) is 2.90. The van der Waals surface area contributed by atoms with Gasteiger partial charge in [0.2, 0.25) is 11.7 Å². The number of rotatable bonds is 11. The van der Waals surface area contributed by atoms with Crippen molar-refractivity contribution < 1.29 is 28.8 Å². The maximum absolute atomic E-state index is 12.4. The normalized spacial score (nSPS) is 10.9. The highest BCUT2D eigenvalue weighted by molar-refractivity contribution is 6.02. The lowest BCUT2D eigenvalue weighted by molar-refractivity contribution is -0.111. The number of amides is 1. The van der Waals surface area contributed by atoms with E-state index in [-0.39, 0.29) is 11.7 Å². The van der Waals surface area contributed by atoms with Crippen molar-refractivity contribution in [2.24, 2.45) is 0 Å². The van der Waals surface area contributed by atoms with Gasteiger partial charge in [-0.15, -0.1) is 0 Å². The van der Waals surface area contributed by atoms with E-state index in [0.29, 0.717) is 35.3 Å². The first-order valence-corrected chi connectivity index (χ1v) is 11.1. The minimum Gasteiger partial charge on any atom is -0.506 e. The Kier molecular flexibility index (Phi) is 9.17. The van der Waals surface area contributed by atoms with E-state index in [1.54, 1.807) is 51.7 Å². The first kappa shape index (κ1) is 26.0. The standard InChI is InChI=1S/C29H29NO6/c1-5-15-36-23-8-6-7-20(16-23)12-14-28(32)30-24-13-11-21(17-25(24)31)9-10-22-18-26(33-2)29(35-4)27(19-22)34-3/h5-14,16-19,31H,1,15H2,2-4H3,(H,30,32)/b10-9+,14-12+. The van der Waals surface area contributed by atoms with Crippen molar-refractivity contribution in [3.63, 3.8) is 0 Å². The number of aromatic hydroxyl groups is 1. The van der Waals surface area contributed by atoms with Crippen LogP contribution in [0, 0.1) is 0 Å². The zero-order chi connectivity index (χ0) is 25.9. The molecule has 3 aromatic rings. The van der Waals surface area contributed by atoms with E-state index < -0.39 is 0 Å². The Labute approximate surface area is 210 Å². The Hall–Kier alpha value is -4.65. The molecule has 0 bridgehead atoms. The van der Waals surface area contributed by atoms with Gasteiger partial charge in [0.15, 0.2) is 11.5 Å². The number of nitrogens with one attached hydrogen (secondary N) is 1. The minimum atomic E-state index is -0.372. The molecule has 3 aromatic carbocycles. The molecule has 186 valence electrons. The van der Waals surface area contributed by atoms with Crippen molar-refractivity contribution in [1.29, 1.82) is 0 Å². The highest BCUT2D eigenvalue weighted by Gasteiger charge is 2.12. The maximum atomic E-state index is 12.4. The van der Waals surface area contributed by atoms with Crippen LogP contribution in [0.3, 0.4) is 0 Å². The number of methoxy groups -OCH3 is 3. The van der Waals surface area contributed by atoms with Crippen LogP contribution in [0.2, 0.25) is 0 Å². The van der Waals surface area contributed by atoms with Crippen LogP contribution in [0.1, 0.15) is 16.7 Å². The van der Waals surface area contributed by atoms with Gasteiger partial charge in [0.1, 0.15) is 18.1 Å². The molecule has 2 N–H and O–H groups in total. The lowest BCUT2D eigenvalue weighted by atomic mass is 10.1. The van der Waals surface area contributed by atoms with E-state index in [1.165, 1.54) is 6.08 Å². The number of phenols is 1. The summed E-state index contributed by atoms with van der Waals surface area (Å²) in [6.45, 7) is 4.03. The van der Waals surface area contributed by atoms with Crippen LogP contribution in [0.4, 0.5) is 5.69 Å². The van der Waals surface area contributed by atoms with E-state index in [1.807, 2.05) is 48.6 Å². The Morgan fingerprint density at radius 2 is 1.58 bits per heavy atom. The van der Waals surface area contributed by atoms with Crippen molar-refractivity contribution in [1.82, 2.24) is 0 Å². The minimum absolute atomic E-state index is 0.0522. The van der Waals surface area contributed by atoms with Gasteiger partial charge in [-0.3, -0.25) is 4.79 Å². The van der Waals surface area contributed by atoms with Crippen LogP contribution in [-0.4, -0.2) is 38.9 Å². The van der Waals surface area contributed by atoms with Crippen LogP contribution < -0.4 is 24.3 Å². The molecule has 0 aliphatic heterocycles. The predicted octanol–water partition coefficient (Wildman–Crippen LogP) is 5.81. The van der Waals surface area contributed by atoms with Crippen molar-refractivity contribution in [3.05, 3.63) is 90.0 Å². The first-order chi connectivity index (χ1) is 17.5.